The number of carbonyl (C=O) groups is 1. The zero-order valence-electron chi connectivity index (χ0n) is 20.0. The summed E-state index contributed by atoms with van der Waals surface area (Å²) in [6, 6.07) is 15.1. The number of aromatic nitrogens is 1. The number of anilines is 2. The van der Waals surface area contributed by atoms with Crippen molar-refractivity contribution in [2.45, 2.75) is 6.92 Å². The number of nitrogens with zero attached hydrogens (tertiary/aromatic N) is 1. The van der Waals surface area contributed by atoms with E-state index in [1.165, 1.54) is 11.3 Å². The predicted molar refractivity (Wildman–Crippen MR) is 140 cm³/mol. The molecule has 2 heterocycles. The highest BCUT2D eigenvalue weighted by atomic mass is 32.1. The monoisotopic (exact) mass is 490 g/mol. The third-order valence-electron chi connectivity index (χ3n) is 5.34. The molecule has 180 valence electrons. The van der Waals surface area contributed by atoms with Crippen molar-refractivity contribution in [2.24, 2.45) is 0 Å². The number of methoxy groups -OCH3 is 3. The molecule has 0 bridgehead atoms. The maximum atomic E-state index is 12.9. The Labute approximate surface area is 207 Å². The average Bonchev–Trinajstić information content (AvgIpc) is 3.22. The number of hydrogen-bond acceptors (Lipinski definition) is 8. The Kier molecular flexibility index (Phi) is 7.52. The Morgan fingerprint density at radius 1 is 0.971 bits per heavy atom. The molecule has 35 heavy (non-hydrogen) atoms. The summed E-state index contributed by atoms with van der Waals surface area (Å²) in [5.74, 6) is 1.61. The SMILES string of the molecule is CCOC(=O)C(=Cc1sc2cc(OC)c(OC)cc2c1Nc1ccc(OC)cc1)c1ccncc1. The predicted octanol–water partition coefficient (Wildman–Crippen LogP) is 6.17. The molecule has 4 rings (SSSR count). The molecule has 0 unspecified atom stereocenters. The van der Waals surface area contributed by atoms with Crippen LogP contribution in [-0.2, 0) is 9.53 Å². The van der Waals surface area contributed by atoms with Crippen LogP contribution in [-0.4, -0.2) is 38.9 Å². The van der Waals surface area contributed by atoms with Crippen LogP contribution in [0.1, 0.15) is 17.4 Å². The van der Waals surface area contributed by atoms with Crippen molar-refractivity contribution in [3.8, 4) is 17.2 Å². The van der Waals surface area contributed by atoms with Crippen LogP contribution in [0.5, 0.6) is 17.2 Å². The minimum Gasteiger partial charge on any atom is -0.497 e. The van der Waals surface area contributed by atoms with Gasteiger partial charge in [0.1, 0.15) is 5.75 Å². The van der Waals surface area contributed by atoms with Crippen LogP contribution in [0.4, 0.5) is 11.4 Å². The minimum atomic E-state index is -0.401. The van der Waals surface area contributed by atoms with E-state index in [9.17, 15) is 4.79 Å². The lowest BCUT2D eigenvalue weighted by Gasteiger charge is -2.11. The summed E-state index contributed by atoms with van der Waals surface area (Å²) < 4.78 is 22.7. The van der Waals surface area contributed by atoms with Crippen LogP contribution in [0.15, 0.2) is 60.9 Å². The minimum absolute atomic E-state index is 0.277. The number of thiophene rings is 1. The summed E-state index contributed by atoms with van der Waals surface area (Å²) in [7, 11) is 4.85. The highest BCUT2D eigenvalue weighted by Crippen LogP contribution is 2.44. The Morgan fingerprint density at radius 3 is 2.29 bits per heavy atom. The molecule has 0 saturated carbocycles. The quantitative estimate of drug-likeness (QED) is 0.222. The molecule has 8 heteroatoms. The van der Waals surface area contributed by atoms with Gasteiger partial charge in [-0.25, -0.2) is 4.79 Å². The summed E-state index contributed by atoms with van der Waals surface area (Å²) in [6.07, 6.45) is 5.15. The van der Waals surface area contributed by atoms with E-state index in [1.807, 2.05) is 42.5 Å². The second-order valence-electron chi connectivity index (χ2n) is 7.41. The summed E-state index contributed by atoms with van der Waals surface area (Å²) >= 11 is 1.54. The van der Waals surface area contributed by atoms with Crippen molar-refractivity contribution in [3.05, 3.63) is 71.4 Å². The fraction of sp³-hybridized carbons (Fsp3) is 0.185. The number of nitrogens with one attached hydrogen (secondary N) is 1. The number of hydrogen-bond donors (Lipinski definition) is 1. The molecule has 0 aliphatic carbocycles. The van der Waals surface area contributed by atoms with Gasteiger partial charge in [0.05, 0.1) is 44.1 Å². The number of ether oxygens (including phenoxy) is 4. The third kappa shape index (κ3) is 5.22. The highest BCUT2D eigenvalue weighted by molar-refractivity contribution is 7.20. The number of pyridine rings is 1. The Hall–Kier alpha value is -4.04. The van der Waals surface area contributed by atoms with E-state index in [0.29, 0.717) is 17.1 Å². The lowest BCUT2D eigenvalue weighted by Crippen LogP contribution is -2.07. The molecule has 1 N–H and O–H groups in total. The van der Waals surface area contributed by atoms with Crippen molar-refractivity contribution in [3.63, 3.8) is 0 Å². The van der Waals surface area contributed by atoms with E-state index in [-0.39, 0.29) is 6.61 Å². The number of rotatable bonds is 9. The van der Waals surface area contributed by atoms with E-state index in [1.54, 1.807) is 52.8 Å². The van der Waals surface area contributed by atoms with Gasteiger partial charge in [-0.15, -0.1) is 11.3 Å². The van der Waals surface area contributed by atoms with Gasteiger partial charge in [-0.2, -0.15) is 0 Å². The van der Waals surface area contributed by atoms with Gasteiger partial charge in [0.15, 0.2) is 11.5 Å². The van der Waals surface area contributed by atoms with Gasteiger partial charge < -0.3 is 24.3 Å². The van der Waals surface area contributed by atoms with Gasteiger partial charge in [-0.05, 0) is 61.0 Å². The topological polar surface area (TPSA) is 78.9 Å². The Balaban J connectivity index is 1.91. The van der Waals surface area contributed by atoms with Crippen molar-refractivity contribution < 1.29 is 23.7 Å². The van der Waals surface area contributed by atoms with Crippen molar-refractivity contribution in [2.75, 3.05) is 33.3 Å². The molecule has 0 saturated heterocycles. The maximum absolute atomic E-state index is 12.9. The zero-order valence-corrected chi connectivity index (χ0v) is 20.8. The molecule has 0 amide bonds. The van der Waals surface area contributed by atoms with E-state index in [4.69, 9.17) is 18.9 Å². The first-order chi connectivity index (χ1) is 17.1. The van der Waals surface area contributed by atoms with Gasteiger partial charge in [-0.3, -0.25) is 4.98 Å². The normalized spacial score (nSPS) is 11.3. The molecule has 0 radical (unpaired) electrons. The molecular weight excluding hydrogens is 464 g/mol. The molecular formula is C27H26N2O5S. The first-order valence-electron chi connectivity index (χ1n) is 11.0. The first-order valence-corrected chi connectivity index (χ1v) is 11.8. The van der Waals surface area contributed by atoms with Crippen LogP contribution in [0.3, 0.4) is 0 Å². The number of fused-ring (bicyclic) bond motifs is 1. The molecule has 2 aromatic heterocycles. The van der Waals surface area contributed by atoms with E-state index in [0.717, 1.165) is 37.7 Å². The lowest BCUT2D eigenvalue weighted by molar-refractivity contribution is -0.136. The standard InChI is InChI=1S/C27H26N2O5S/c1-5-34-27(30)20(17-10-12-28-13-11-17)15-25-26(29-18-6-8-19(31-2)9-7-18)21-14-22(32-3)23(33-4)16-24(21)35-25/h6-16,29H,5H2,1-4H3. The van der Waals surface area contributed by atoms with E-state index in [2.05, 4.69) is 10.3 Å². The van der Waals surface area contributed by atoms with Gasteiger partial charge in [-0.1, -0.05) is 0 Å². The average molecular weight is 491 g/mol. The molecule has 0 aliphatic heterocycles. The summed E-state index contributed by atoms with van der Waals surface area (Å²) in [5.41, 5.74) is 2.88. The van der Waals surface area contributed by atoms with Crippen molar-refractivity contribution in [1.82, 2.24) is 4.98 Å². The van der Waals surface area contributed by atoms with E-state index < -0.39 is 5.97 Å². The van der Waals surface area contributed by atoms with Crippen LogP contribution >= 0.6 is 11.3 Å². The fourth-order valence-corrected chi connectivity index (χ4v) is 4.74. The molecule has 0 fully saturated rings. The Bertz CT molecular complexity index is 1350. The van der Waals surface area contributed by atoms with Gasteiger partial charge in [0.2, 0.25) is 0 Å². The largest absolute Gasteiger partial charge is 0.497 e. The molecule has 0 atom stereocenters. The van der Waals surface area contributed by atoms with Crippen molar-refractivity contribution in [1.29, 1.82) is 0 Å². The van der Waals surface area contributed by atoms with Gasteiger partial charge >= 0.3 is 5.97 Å². The number of esters is 1. The van der Waals surface area contributed by atoms with Gasteiger partial charge in [0, 0.05) is 34.2 Å². The van der Waals surface area contributed by atoms with Crippen LogP contribution in [0.2, 0.25) is 0 Å². The zero-order chi connectivity index (χ0) is 24.8. The van der Waals surface area contributed by atoms with Crippen LogP contribution in [0.25, 0.3) is 21.7 Å². The Morgan fingerprint density at radius 2 is 1.66 bits per heavy atom. The summed E-state index contributed by atoms with van der Waals surface area (Å²) in [4.78, 5) is 17.8. The second-order valence-corrected chi connectivity index (χ2v) is 8.50. The number of benzene rings is 2. The second kappa shape index (κ2) is 10.9. The maximum Gasteiger partial charge on any atom is 0.338 e. The smallest absolute Gasteiger partial charge is 0.338 e. The van der Waals surface area contributed by atoms with Crippen molar-refractivity contribution >= 4 is 50.4 Å². The van der Waals surface area contributed by atoms with Crippen LogP contribution < -0.4 is 19.5 Å². The molecule has 0 aliphatic rings. The van der Waals surface area contributed by atoms with Gasteiger partial charge in [0.25, 0.3) is 0 Å². The van der Waals surface area contributed by atoms with E-state index >= 15 is 0 Å². The lowest BCUT2D eigenvalue weighted by atomic mass is 10.1. The summed E-state index contributed by atoms with van der Waals surface area (Å²) in [5, 5.41) is 4.45. The molecule has 0 spiro atoms. The number of carbonyl (C=O) groups excluding carboxylic acids is 1. The van der Waals surface area contributed by atoms with Crippen LogP contribution in [0, 0.1) is 0 Å². The molecule has 7 nitrogen and oxygen atoms in total. The highest BCUT2D eigenvalue weighted by Gasteiger charge is 2.19. The molecule has 4 aromatic rings. The molecule has 2 aromatic carbocycles. The summed E-state index contributed by atoms with van der Waals surface area (Å²) in [6.45, 7) is 2.07. The first kappa shape index (κ1) is 24.1. The third-order valence-corrected chi connectivity index (χ3v) is 6.44. The fourth-order valence-electron chi connectivity index (χ4n) is 3.62.